The largest absolute Gasteiger partial charge is 0.481 e. The van der Waals surface area contributed by atoms with E-state index in [1.807, 2.05) is 0 Å². The highest BCUT2D eigenvalue weighted by atomic mass is 16.5. The van der Waals surface area contributed by atoms with Gasteiger partial charge in [0.15, 0.2) is 0 Å². The summed E-state index contributed by atoms with van der Waals surface area (Å²) in [5.74, 6) is -1.16. The van der Waals surface area contributed by atoms with Crippen molar-refractivity contribution in [1.82, 2.24) is 10.6 Å². The number of carbonyl (C=O) groups is 2. The van der Waals surface area contributed by atoms with Crippen molar-refractivity contribution in [3.63, 3.8) is 0 Å². The second kappa shape index (κ2) is 5.46. The minimum atomic E-state index is -0.763. The highest BCUT2D eigenvalue weighted by Gasteiger charge is 2.32. The average Bonchev–Trinajstić information content (AvgIpc) is 2.79. The molecule has 0 radical (unpaired) electrons. The minimum Gasteiger partial charge on any atom is -0.481 e. The molecule has 0 spiro atoms. The number of ether oxygens (including phenoxy) is 1. The van der Waals surface area contributed by atoms with Crippen molar-refractivity contribution in [2.24, 2.45) is 5.92 Å². The Hall–Kier alpha value is -1.14. The summed E-state index contributed by atoms with van der Waals surface area (Å²) in [6.45, 7) is 1.70. The Balaban J connectivity index is 1.77. The Morgan fingerprint density at radius 3 is 2.76 bits per heavy atom. The first-order valence-corrected chi connectivity index (χ1v) is 6.01. The molecule has 2 aliphatic rings. The van der Waals surface area contributed by atoms with Crippen LogP contribution in [0.5, 0.6) is 0 Å². The molecule has 0 aromatic carbocycles. The zero-order chi connectivity index (χ0) is 12.3. The molecule has 0 aromatic rings. The van der Waals surface area contributed by atoms with Crippen molar-refractivity contribution in [3.05, 3.63) is 0 Å². The van der Waals surface area contributed by atoms with Gasteiger partial charge in [-0.3, -0.25) is 9.59 Å². The normalized spacial score (nSPS) is 33.3. The topological polar surface area (TPSA) is 87.7 Å². The lowest BCUT2D eigenvalue weighted by Crippen LogP contribution is -2.53. The van der Waals surface area contributed by atoms with Gasteiger partial charge in [0.25, 0.3) is 0 Å². The molecule has 1 aliphatic heterocycles. The fourth-order valence-electron chi connectivity index (χ4n) is 2.37. The quantitative estimate of drug-likeness (QED) is 0.612. The van der Waals surface area contributed by atoms with E-state index in [2.05, 4.69) is 10.6 Å². The van der Waals surface area contributed by atoms with Gasteiger partial charge >= 0.3 is 5.97 Å². The first-order valence-electron chi connectivity index (χ1n) is 6.01. The first-order chi connectivity index (χ1) is 8.16. The van der Waals surface area contributed by atoms with Gasteiger partial charge < -0.3 is 20.5 Å². The zero-order valence-electron chi connectivity index (χ0n) is 9.65. The van der Waals surface area contributed by atoms with Crippen molar-refractivity contribution in [1.29, 1.82) is 0 Å². The summed E-state index contributed by atoms with van der Waals surface area (Å²) in [4.78, 5) is 22.6. The minimum absolute atomic E-state index is 0.00711. The maximum atomic E-state index is 11.8. The Bertz CT molecular complexity index is 302. The lowest BCUT2D eigenvalue weighted by molar-refractivity contribution is -0.141. The lowest BCUT2D eigenvalue weighted by Gasteiger charge is -2.24. The van der Waals surface area contributed by atoms with Crippen LogP contribution in [-0.4, -0.2) is 48.8 Å². The molecule has 2 fully saturated rings. The van der Waals surface area contributed by atoms with Crippen molar-refractivity contribution in [3.8, 4) is 0 Å². The standard InChI is InChI=1S/C11H18N2O4/c14-10(9-6-17-4-3-12-9)13-8-2-1-7(5-8)11(15)16/h7-9,12H,1-6H2,(H,13,14)(H,15,16)/t7-,8+,9?/m1/s1. The average molecular weight is 242 g/mol. The monoisotopic (exact) mass is 242 g/mol. The van der Waals surface area contributed by atoms with E-state index in [9.17, 15) is 9.59 Å². The van der Waals surface area contributed by atoms with Gasteiger partial charge in [-0.1, -0.05) is 0 Å². The Morgan fingerprint density at radius 1 is 1.35 bits per heavy atom. The maximum Gasteiger partial charge on any atom is 0.306 e. The number of hydrogen-bond acceptors (Lipinski definition) is 4. The third-order valence-electron chi connectivity index (χ3n) is 3.37. The molecule has 3 N–H and O–H groups in total. The van der Waals surface area contributed by atoms with E-state index in [1.54, 1.807) is 0 Å². The van der Waals surface area contributed by atoms with Gasteiger partial charge in [-0.15, -0.1) is 0 Å². The summed E-state index contributed by atoms with van der Waals surface area (Å²) < 4.78 is 5.21. The molecule has 1 aliphatic carbocycles. The summed E-state index contributed by atoms with van der Waals surface area (Å²) >= 11 is 0. The van der Waals surface area contributed by atoms with Crippen LogP contribution < -0.4 is 10.6 Å². The van der Waals surface area contributed by atoms with Gasteiger partial charge in [-0.05, 0) is 19.3 Å². The predicted molar refractivity (Wildman–Crippen MR) is 59.5 cm³/mol. The fourth-order valence-corrected chi connectivity index (χ4v) is 2.37. The van der Waals surface area contributed by atoms with Crippen LogP contribution in [0, 0.1) is 5.92 Å². The van der Waals surface area contributed by atoms with E-state index in [4.69, 9.17) is 9.84 Å². The SMILES string of the molecule is O=C(N[C@H]1CC[C@@H](C(=O)O)C1)C1COCCN1. The van der Waals surface area contributed by atoms with Gasteiger partial charge in [-0.25, -0.2) is 0 Å². The van der Waals surface area contributed by atoms with Crippen molar-refractivity contribution in [2.75, 3.05) is 19.8 Å². The van der Waals surface area contributed by atoms with Crippen LogP contribution >= 0.6 is 0 Å². The molecule has 1 unspecified atom stereocenters. The number of hydrogen-bond donors (Lipinski definition) is 3. The van der Waals surface area contributed by atoms with Crippen LogP contribution in [0.2, 0.25) is 0 Å². The zero-order valence-corrected chi connectivity index (χ0v) is 9.65. The second-order valence-corrected chi connectivity index (χ2v) is 4.64. The van der Waals surface area contributed by atoms with Gasteiger partial charge in [-0.2, -0.15) is 0 Å². The molecular weight excluding hydrogens is 224 g/mol. The van der Waals surface area contributed by atoms with Crippen LogP contribution in [0.4, 0.5) is 0 Å². The Morgan fingerprint density at radius 2 is 2.18 bits per heavy atom. The van der Waals surface area contributed by atoms with E-state index in [0.717, 1.165) is 6.42 Å². The molecule has 17 heavy (non-hydrogen) atoms. The first kappa shape index (κ1) is 12.3. The van der Waals surface area contributed by atoms with Gasteiger partial charge in [0, 0.05) is 12.6 Å². The third-order valence-corrected chi connectivity index (χ3v) is 3.37. The Labute approximate surface area is 99.7 Å². The molecule has 3 atom stereocenters. The number of carboxylic acids is 1. The van der Waals surface area contributed by atoms with E-state index >= 15 is 0 Å². The van der Waals surface area contributed by atoms with Crippen molar-refractivity contribution >= 4 is 11.9 Å². The van der Waals surface area contributed by atoms with E-state index in [-0.39, 0.29) is 23.9 Å². The number of carboxylic acid groups (broad SMARTS) is 1. The van der Waals surface area contributed by atoms with Gasteiger partial charge in [0.05, 0.1) is 19.1 Å². The summed E-state index contributed by atoms with van der Waals surface area (Å²) in [5, 5.41) is 14.8. The van der Waals surface area contributed by atoms with Crippen LogP contribution in [0.15, 0.2) is 0 Å². The van der Waals surface area contributed by atoms with Gasteiger partial charge in [0.1, 0.15) is 6.04 Å². The number of carbonyl (C=O) groups excluding carboxylic acids is 1. The van der Waals surface area contributed by atoms with Crippen molar-refractivity contribution in [2.45, 2.75) is 31.3 Å². The van der Waals surface area contributed by atoms with Crippen molar-refractivity contribution < 1.29 is 19.4 Å². The number of morpholine rings is 1. The molecule has 1 saturated carbocycles. The molecule has 0 aromatic heterocycles. The molecule has 6 heteroatoms. The molecule has 6 nitrogen and oxygen atoms in total. The van der Waals surface area contributed by atoms with E-state index in [0.29, 0.717) is 32.6 Å². The second-order valence-electron chi connectivity index (χ2n) is 4.64. The highest BCUT2D eigenvalue weighted by molar-refractivity contribution is 5.82. The van der Waals surface area contributed by atoms with Crippen LogP contribution in [-0.2, 0) is 14.3 Å². The van der Waals surface area contributed by atoms with Crippen LogP contribution in [0.1, 0.15) is 19.3 Å². The summed E-state index contributed by atoms with van der Waals surface area (Å²) in [5.41, 5.74) is 0. The predicted octanol–water partition coefficient (Wildman–Crippen LogP) is -0.656. The van der Waals surface area contributed by atoms with Crippen LogP contribution in [0.25, 0.3) is 0 Å². The Kier molecular flexibility index (Phi) is 3.96. The summed E-state index contributed by atoms with van der Waals surface area (Å²) in [7, 11) is 0. The lowest BCUT2D eigenvalue weighted by atomic mass is 10.1. The smallest absolute Gasteiger partial charge is 0.306 e. The van der Waals surface area contributed by atoms with E-state index < -0.39 is 5.97 Å². The third kappa shape index (κ3) is 3.17. The summed E-state index contributed by atoms with van der Waals surface area (Å²) in [6, 6.07) is -0.306. The fraction of sp³-hybridized carbons (Fsp3) is 0.818. The molecule has 1 amide bonds. The molecule has 1 saturated heterocycles. The molecule has 96 valence electrons. The maximum absolute atomic E-state index is 11.8. The molecule has 0 bridgehead atoms. The molecule has 1 heterocycles. The van der Waals surface area contributed by atoms with E-state index in [1.165, 1.54) is 0 Å². The highest BCUT2D eigenvalue weighted by Crippen LogP contribution is 2.25. The number of nitrogens with one attached hydrogen (secondary N) is 2. The molecular formula is C11H18N2O4. The van der Waals surface area contributed by atoms with Gasteiger partial charge in [0.2, 0.25) is 5.91 Å². The van der Waals surface area contributed by atoms with Crippen LogP contribution in [0.3, 0.4) is 0 Å². The number of amides is 1. The molecule has 2 rings (SSSR count). The summed E-state index contributed by atoms with van der Waals surface area (Å²) in [6.07, 6.45) is 1.93. The number of aliphatic carboxylic acids is 1. The number of rotatable bonds is 3.